The highest BCUT2D eigenvalue weighted by molar-refractivity contribution is 6.24. The summed E-state index contributed by atoms with van der Waals surface area (Å²) in [5.41, 5.74) is 1.29. The molecule has 0 nitrogen and oxygen atoms in total. The number of rotatable bonds is 1. The quantitative estimate of drug-likeness (QED) is 0.562. The summed E-state index contributed by atoms with van der Waals surface area (Å²) in [6.45, 7) is 0. The van der Waals surface area contributed by atoms with Crippen molar-refractivity contribution >= 4 is 11.6 Å². The van der Waals surface area contributed by atoms with Crippen LogP contribution in [0.2, 0.25) is 0 Å². The molecule has 0 heterocycles. The summed E-state index contributed by atoms with van der Waals surface area (Å²) in [6, 6.07) is 10.4. The Kier molecular flexibility index (Phi) is 1.65. The van der Waals surface area contributed by atoms with Gasteiger partial charge in [0.25, 0.3) is 0 Å². The van der Waals surface area contributed by atoms with Crippen LogP contribution in [0.5, 0.6) is 0 Å². The maximum absolute atomic E-state index is 6.33. The van der Waals surface area contributed by atoms with E-state index in [1.54, 1.807) is 0 Å². The van der Waals surface area contributed by atoms with Crippen LogP contribution >= 0.6 is 11.6 Å². The Morgan fingerprint density at radius 3 is 2.18 bits per heavy atom. The third-order valence-corrected chi connectivity index (χ3v) is 3.03. The van der Waals surface area contributed by atoms with E-state index in [9.17, 15) is 0 Å². The van der Waals surface area contributed by atoms with Crippen LogP contribution in [0.1, 0.15) is 24.8 Å². The van der Waals surface area contributed by atoms with E-state index < -0.39 is 0 Å². The highest BCUT2D eigenvalue weighted by Crippen LogP contribution is 2.46. The summed E-state index contributed by atoms with van der Waals surface area (Å²) in [6.07, 6.45) is 3.55. The second-order valence-electron chi connectivity index (χ2n) is 3.18. The van der Waals surface area contributed by atoms with Crippen LogP contribution in [0.4, 0.5) is 0 Å². The van der Waals surface area contributed by atoms with Gasteiger partial charge in [-0.25, -0.2) is 0 Å². The van der Waals surface area contributed by atoms with E-state index >= 15 is 0 Å². The van der Waals surface area contributed by atoms with Gasteiger partial charge in [0.15, 0.2) is 0 Å². The highest BCUT2D eigenvalue weighted by atomic mass is 35.5. The smallest absolute Gasteiger partial charge is 0.0695 e. The zero-order valence-electron chi connectivity index (χ0n) is 6.39. The van der Waals surface area contributed by atoms with Gasteiger partial charge in [-0.15, -0.1) is 11.6 Å². The average Bonchev–Trinajstić information content (AvgIpc) is 2.02. The fraction of sp³-hybridized carbons (Fsp3) is 0.400. The summed E-state index contributed by atoms with van der Waals surface area (Å²) < 4.78 is 0. The van der Waals surface area contributed by atoms with Gasteiger partial charge in [0, 0.05) is 0 Å². The monoisotopic (exact) mass is 166 g/mol. The van der Waals surface area contributed by atoms with Crippen molar-refractivity contribution in [1.29, 1.82) is 0 Å². The maximum Gasteiger partial charge on any atom is 0.0695 e. The van der Waals surface area contributed by atoms with Crippen molar-refractivity contribution in [2.75, 3.05) is 0 Å². The molecule has 0 spiro atoms. The molecule has 11 heavy (non-hydrogen) atoms. The van der Waals surface area contributed by atoms with Gasteiger partial charge in [0.2, 0.25) is 0 Å². The van der Waals surface area contributed by atoms with Crippen LogP contribution in [0.25, 0.3) is 0 Å². The molecule has 0 saturated heterocycles. The molecular weight excluding hydrogens is 156 g/mol. The Balaban J connectivity index is 2.29. The van der Waals surface area contributed by atoms with Crippen molar-refractivity contribution in [3.05, 3.63) is 35.9 Å². The van der Waals surface area contributed by atoms with Gasteiger partial charge in [-0.3, -0.25) is 0 Å². The molecule has 1 aromatic rings. The number of alkyl halides is 1. The molecule has 0 amide bonds. The van der Waals surface area contributed by atoms with Gasteiger partial charge in [-0.05, 0) is 24.8 Å². The second-order valence-corrected chi connectivity index (χ2v) is 3.91. The molecule has 1 aliphatic carbocycles. The summed E-state index contributed by atoms with van der Waals surface area (Å²) in [7, 11) is 0. The zero-order chi connectivity index (χ0) is 7.73. The van der Waals surface area contributed by atoms with Crippen molar-refractivity contribution < 1.29 is 0 Å². The summed E-state index contributed by atoms with van der Waals surface area (Å²) in [5.74, 6) is 0. The lowest BCUT2D eigenvalue weighted by Crippen LogP contribution is -2.27. The minimum Gasteiger partial charge on any atom is -0.114 e. The number of hydrogen-bond donors (Lipinski definition) is 0. The van der Waals surface area contributed by atoms with Crippen LogP contribution in [-0.2, 0) is 4.87 Å². The molecule has 0 aromatic heterocycles. The third kappa shape index (κ3) is 1.16. The Hall–Kier alpha value is -0.490. The van der Waals surface area contributed by atoms with Crippen molar-refractivity contribution in [1.82, 2.24) is 0 Å². The SMILES string of the molecule is ClC1(c2ccccc2)CCC1. The van der Waals surface area contributed by atoms with E-state index in [2.05, 4.69) is 24.3 Å². The van der Waals surface area contributed by atoms with Gasteiger partial charge in [-0.1, -0.05) is 30.3 Å². The van der Waals surface area contributed by atoms with Crippen LogP contribution in [0.15, 0.2) is 30.3 Å². The Morgan fingerprint density at radius 2 is 1.73 bits per heavy atom. The lowest BCUT2D eigenvalue weighted by Gasteiger charge is -2.36. The van der Waals surface area contributed by atoms with Gasteiger partial charge in [-0.2, -0.15) is 0 Å². The minimum atomic E-state index is -0.0126. The molecule has 1 saturated carbocycles. The first-order chi connectivity index (χ1) is 5.31. The van der Waals surface area contributed by atoms with Crippen molar-refractivity contribution in [2.45, 2.75) is 24.1 Å². The molecule has 0 unspecified atom stereocenters. The van der Waals surface area contributed by atoms with Gasteiger partial charge in [0.1, 0.15) is 0 Å². The standard InChI is InChI=1S/C10H11Cl/c11-10(7-4-8-10)9-5-2-1-3-6-9/h1-3,5-6H,4,7-8H2. The molecule has 1 aromatic carbocycles. The van der Waals surface area contributed by atoms with Crippen LogP contribution in [0, 0.1) is 0 Å². The molecule has 1 heteroatoms. The minimum absolute atomic E-state index is 0.0126. The molecule has 0 aliphatic heterocycles. The molecule has 0 N–H and O–H groups in total. The van der Waals surface area contributed by atoms with E-state index in [0.717, 1.165) is 12.8 Å². The molecule has 0 bridgehead atoms. The lowest BCUT2D eigenvalue weighted by molar-refractivity contribution is 0.363. The van der Waals surface area contributed by atoms with Gasteiger partial charge < -0.3 is 0 Å². The highest BCUT2D eigenvalue weighted by Gasteiger charge is 2.35. The van der Waals surface area contributed by atoms with Crippen molar-refractivity contribution in [2.24, 2.45) is 0 Å². The Morgan fingerprint density at radius 1 is 1.09 bits per heavy atom. The summed E-state index contributed by atoms with van der Waals surface area (Å²) in [5, 5.41) is 0. The maximum atomic E-state index is 6.33. The Labute approximate surface area is 72.2 Å². The normalized spacial score (nSPS) is 20.8. The van der Waals surface area contributed by atoms with Crippen molar-refractivity contribution in [3.8, 4) is 0 Å². The first-order valence-corrected chi connectivity index (χ1v) is 4.43. The molecular formula is C10H11Cl. The topological polar surface area (TPSA) is 0 Å². The van der Waals surface area contributed by atoms with Crippen LogP contribution in [-0.4, -0.2) is 0 Å². The Bertz CT molecular complexity index is 236. The van der Waals surface area contributed by atoms with E-state index in [1.165, 1.54) is 12.0 Å². The number of halogens is 1. The van der Waals surface area contributed by atoms with E-state index in [4.69, 9.17) is 11.6 Å². The molecule has 58 valence electrons. The van der Waals surface area contributed by atoms with E-state index in [-0.39, 0.29) is 4.87 Å². The lowest BCUT2D eigenvalue weighted by atomic mass is 9.79. The first-order valence-electron chi connectivity index (χ1n) is 4.06. The fourth-order valence-electron chi connectivity index (χ4n) is 1.51. The van der Waals surface area contributed by atoms with Crippen LogP contribution in [0.3, 0.4) is 0 Å². The number of hydrogen-bond acceptors (Lipinski definition) is 0. The van der Waals surface area contributed by atoms with Crippen LogP contribution < -0.4 is 0 Å². The van der Waals surface area contributed by atoms with E-state index in [0.29, 0.717) is 0 Å². The second kappa shape index (κ2) is 2.53. The van der Waals surface area contributed by atoms with E-state index in [1.807, 2.05) is 6.07 Å². The zero-order valence-corrected chi connectivity index (χ0v) is 7.14. The molecule has 1 aliphatic rings. The van der Waals surface area contributed by atoms with Gasteiger partial charge in [0.05, 0.1) is 4.87 Å². The van der Waals surface area contributed by atoms with Gasteiger partial charge >= 0.3 is 0 Å². The van der Waals surface area contributed by atoms with Crippen molar-refractivity contribution in [3.63, 3.8) is 0 Å². The molecule has 0 atom stereocenters. The predicted molar refractivity (Wildman–Crippen MR) is 47.8 cm³/mol. The largest absolute Gasteiger partial charge is 0.114 e. The molecule has 1 fully saturated rings. The third-order valence-electron chi connectivity index (χ3n) is 2.44. The molecule has 2 rings (SSSR count). The fourth-order valence-corrected chi connectivity index (χ4v) is 1.91. The average molecular weight is 167 g/mol. The predicted octanol–water partition coefficient (Wildman–Crippen LogP) is 3.30. The summed E-state index contributed by atoms with van der Waals surface area (Å²) in [4.78, 5) is -0.0126. The first kappa shape index (κ1) is 7.17. The number of benzene rings is 1. The summed E-state index contributed by atoms with van der Waals surface area (Å²) >= 11 is 6.33. The molecule has 0 radical (unpaired) electrons.